The van der Waals surface area contributed by atoms with Crippen LogP contribution in [-0.2, 0) is 6.54 Å². The number of nitrogens with zero attached hydrogens (tertiary/aromatic N) is 2. The van der Waals surface area contributed by atoms with Gasteiger partial charge in [-0.15, -0.1) is 0 Å². The number of carbonyl (C=O) groups excluding carboxylic acids is 1. The molecule has 1 aliphatic rings. The molecule has 5 heteroatoms. The molecule has 0 saturated carbocycles. The van der Waals surface area contributed by atoms with Gasteiger partial charge in [-0.1, -0.05) is 29.8 Å². The fourth-order valence-electron chi connectivity index (χ4n) is 2.89. The third-order valence-corrected chi connectivity index (χ3v) is 4.35. The molecule has 1 saturated heterocycles. The average Bonchev–Trinajstić information content (AvgIpc) is 2.57. The zero-order chi connectivity index (χ0) is 16.1. The van der Waals surface area contributed by atoms with Gasteiger partial charge >= 0.3 is 0 Å². The van der Waals surface area contributed by atoms with Gasteiger partial charge in [-0.3, -0.25) is 14.7 Å². The predicted molar refractivity (Wildman–Crippen MR) is 91.5 cm³/mol. The summed E-state index contributed by atoms with van der Waals surface area (Å²) in [6.07, 6.45) is 3.56. The van der Waals surface area contributed by atoms with Gasteiger partial charge in [0.05, 0.1) is 0 Å². The highest BCUT2D eigenvalue weighted by Gasteiger charge is 2.21. The van der Waals surface area contributed by atoms with Gasteiger partial charge in [0.25, 0.3) is 5.91 Å². The predicted octanol–water partition coefficient (Wildman–Crippen LogP) is 3.13. The number of benzene rings is 1. The van der Waals surface area contributed by atoms with Crippen LogP contribution in [0, 0.1) is 0 Å². The maximum absolute atomic E-state index is 12.1. The van der Waals surface area contributed by atoms with Crippen LogP contribution < -0.4 is 5.32 Å². The SMILES string of the molecule is O=C(NC1CCN(Cc2cccc(Cl)c2)CC1)c1ccccn1. The molecule has 1 amide bonds. The van der Waals surface area contributed by atoms with E-state index in [0.717, 1.165) is 37.5 Å². The molecule has 23 heavy (non-hydrogen) atoms. The summed E-state index contributed by atoms with van der Waals surface area (Å²) in [7, 11) is 0. The smallest absolute Gasteiger partial charge is 0.270 e. The van der Waals surface area contributed by atoms with Crippen LogP contribution in [0.15, 0.2) is 48.7 Å². The van der Waals surface area contributed by atoms with Gasteiger partial charge in [0, 0.05) is 36.9 Å². The number of amides is 1. The molecule has 2 aromatic rings. The lowest BCUT2D eigenvalue weighted by atomic mass is 10.0. The van der Waals surface area contributed by atoms with Gasteiger partial charge in [0.15, 0.2) is 0 Å². The van der Waals surface area contributed by atoms with Crippen molar-refractivity contribution < 1.29 is 4.79 Å². The van der Waals surface area contributed by atoms with Gasteiger partial charge in [-0.2, -0.15) is 0 Å². The molecule has 1 fully saturated rings. The molecular formula is C18H20ClN3O. The van der Waals surface area contributed by atoms with Crippen LogP contribution in [0.1, 0.15) is 28.9 Å². The van der Waals surface area contributed by atoms with Crippen molar-refractivity contribution in [2.24, 2.45) is 0 Å². The number of pyridine rings is 1. The van der Waals surface area contributed by atoms with Crippen molar-refractivity contribution in [3.05, 3.63) is 64.9 Å². The van der Waals surface area contributed by atoms with E-state index in [4.69, 9.17) is 11.6 Å². The standard InChI is InChI=1S/C18H20ClN3O/c19-15-5-3-4-14(12-15)13-22-10-7-16(8-11-22)21-18(23)17-6-1-2-9-20-17/h1-6,9,12,16H,7-8,10-11,13H2,(H,21,23). The van der Waals surface area contributed by atoms with Crippen molar-refractivity contribution >= 4 is 17.5 Å². The van der Waals surface area contributed by atoms with E-state index in [9.17, 15) is 4.79 Å². The molecule has 0 radical (unpaired) electrons. The number of rotatable bonds is 4. The summed E-state index contributed by atoms with van der Waals surface area (Å²) in [5.41, 5.74) is 1.71. The Balaban J connectivity index is 1.48. The topological polar surface area (TPSA) is 45.2 Å². The summed E-state index contributed by atoms with van der Waals surface area (Å²) in [4.78, 5) is 18.6. The molecular weight excluding hydrogens is 310 g/mol. The summed E-state index contributed by atoms with van der Waals surface area (Å²) in [5, 5.41) is 3.86. The third-order valence-electron chi connectivity index (χ3n) is 4.12. The minimum atomic E-state index is -0.0844. The van der Waals surface area contributed by atoms with Crippen LogP contribution in [0.4, 0.5) is 0 Å². The van der Waals surface area contributed by atoms with Crippen LogP contribution in [0.5, 0.6) is 0 Å². The fraction of sp³-hybridized carbons (Fsp3) is 0.333. The van der Waals surface area contributed by atoms with Gasteiger partial charge in [-0.25, -0.2) is 0 Å². The number of aromatic nitrogens is 1. The van der Waals surface area contributed by atoms with E-state index in [0.29, 0.717) is 5.69 Å². The molecule has 0 aliphatic carbocycles. The van der Waals surface area contributed by atoms with E-state index < -0.39 is 0 Å². The molecule has 1 aromatic carbocycles. The fourth-order valence-corrected chi connectivity index (χ4v) is 3.10. The molecule has 1 N–H and O–H groups in total. The van der Waals surface area contributed by atoms with E-state index in [-0.39, 0.29) is 11.9 Å². The van der Waals surface area contributed by atoms with Crippen molar-refractivity contribution in [1.82, 2.24) is 15.2 Å². The van der Waals surface area contributed by atoms with Crippen LogP contribution in [-0.4, -0.2) is 34.9 Å². The van der Waals surface area contributed by atoms with Crippen molar-refractivity contribution in [2.75, 3.05) is 13.1 Å². The summed E-state index contributed by atoms with van der Waals surface area (Å²) < 4.78 is 0. The molecule has 3 rings (SSSR count). The summed E-state index contributed by atoms with van der Waals surface area (Å²) in [6, 6.07) is 13.6. The van der Waals surface area contributed by atoms with E-state index in [1.54, 1.807) is 12.3 Å². The van der Waals surface area contributed by atoms with Crippen molar-refractivity contribution in [1.29, 1.82) is 0 Å². The largest absolute Gasteiger partial charge is 0.348 e. The zero-order valence-electron chi connectivity index (χ0n) is 12.9. The second kappa shape index (κ2) is 7.57. The molecule has 0 bridgehead atoms. The lowest BCUT2D eigenvalue weighted by molar-refractivity contribution is 0.0904. The van der Waals surface area contributed by atoms with Gasteiger partial charge in [0.2, 0.25) is 0 Å². The van der Waals surface area contributed by atoms with Crippen molar-refractivity contribution in [3.8, 4) is 0 Å². The minimum Gasteiger partial charge on any atom is -0.348 e. The summed E-state index contributed by atoms with van der Waals surface area (Å²) in [6.45, 7) is 2.85. The molecule has 4 nitrogen and oxygen atoms in total. The van der Waals surface area contributed by atoms with Crippen LogP contribution in [0.2, 0.25) is 5.02 Å². The molecule has 0 spiro atoms. The highest BCUT2D eigenvalue weighted by atomic mass is 35.5. The Morgan fingerprint density at radius 2 is 2.04 bits per heavy atom. The average molecular weight is 330 g/mol. The van der Waals surface area contributed by atoms with E-state index in [2.05, 4.69) is 21.3 Å². The number of nitrogens with one attached hydrogen (secondary N) is 1. The van der Waals surface area contributed by atoms with Crippen molar-refractivity contribution in [2.45, 2.75) is 25.4 Å². The number of hydrogen-bond donors (Lipinski definition) is 1. The number of hydrogen-bond acceptors (Lipinski definition) is 3. The first-order valence-corrected chi connectivity index (χ1v) is 8.27. The Hall–Kier alpha value is -1.91. The maximum atomic E-state index is 12.1. The summed E-state index contributed by atoms with van der Waals surface area (Å²) in [5.74, 6) is -0.0844. The zero-order valence-corrected chi connectivity index (χ0v) is 13.7. The quantitative estimate of drug-likeness (QED) is 0.937. The number of piperidine rings is 1. The second-order valence-electron chi connectivity index (χ2n) is 5.87. The molecule has 1 aliphatic heterocycles. The number of halogens is 1. The Morgan fingerprint density at radius 1 is 1.22 bits per heavy atom. The van der Waals surface area contributed by atoms with Crippen LogP contribution in [0.25, 0.3) is 0 Å². The number of likely N-dealkylation sites (tertiary alicyclic amines) is 1. The van der Waals surface area contributed by atoms with Gasteiger partial charge in [-0.05, 0) is 42.7 Å². The molecule has 0 atom stereocenters. The lowest BCUT2D eigenvalue weighted by Crippen LogP contribution is -2.44. The van der Waals surface area contributed by atoms with E-state index >= 15 is 0 Å². The molecule has 1 aromatic heterocycles. The minimum absolute atomic E-state index is 0.0844. The van der Waals surface area contributed by atoms with Crippen molar-refractivity contribution in [3.63, 3.8) is 0 Å². The lowest BCUT2D eigenvalue weighted by Gasteiger charge is -2.32. The summed E-state index contributed by atoms with van der Waals surface area (Å²) >= 11 is 6.03. The number of carbonyl (C=O) groups is 1. The van der Waals surface area contributed by atoms with E-state index in [1.165, 1.54) is 5.56 Å². The molecule has 120 valence electrons. The van der Waals surface area contributed by atoms with Crippen LogP contribution in [0.3, 0.4) is 0 Å². The monoisotopic (exact) mass is 329 g/mol. The van der Waals surface area contributed by atoms with Crippen LogP contribution >= 0.6 is 11.6 Å². The maximum Gasteiger partial charge on any atom is 0.270 e. The third kappa shape index (κ3) is 4.53. The Bertz CT molecular complexity index is 654. The first-order valence-electron chi connectivity index (χ1n) is 7.89. The Labute approximate surface area is 141 Å². The Morgan fingerprint density at radius 3 is 2.74 bits per heavy atom. The highest BCUT2D eigenvalue weighted by molar-refractivity contribution is 6.30. The first-order chi connectivity index (χ1) is 11.2. The Kier molecular flexibility index (Phi) is 5.26. The highest BCUT2D eigenvalue weighted by Crippen LogP contribution is 2.16. The normalized spacial score (nSPS) is 16.2. The molecule has 0 unspecified atom stereocenters. The molecule has 2 heterocycles. The first kappa shape index (κ1) is 16.0. The second-order valence-corrected chi connectivity index (χ2v) is 6.31. The van der Waals surface area contributed by atoms with E-state index in [1.807, 2.05) is 30.3 Å². The van der Waals surface area contributed by atoms with Gasteiger partial charge in [0.1, 0.15) is 5.69 Å². The van der Waals surface area contributed by atoms with Gasteiger partial charge < -0.3 is 5.32 Å².